The number of carboxylic acid groups (broad SMARTS) is 1. The number of hydrogen-bond donors (Lipinski definition) is 4. The van der Waals surface area contributed by atoms with Crippen LogP contribution in [-0.2, 0) is 35.8 Å². The molecule has 3 atom stereocenters. The monoisotopic (exact) mass is 520 g/mol. The minimum absolute atomic E-state index is 0.0442. The Hall–Kier alpha value is -3.82. The summed E-state index contributed by atoms with van der Waals surface area (Å²) in [6, 6.07) is 6.57. The lowest BCUT2D eigenvalue weighted by Gasteiger charge is -2.43. The highest BCUT2D eigenvalue weighted by Gasteiger charge is 2.64. The van der Waals surface area contributed by atoms with Crippen molar-refractivity contribution in [3.05, 3.63) is 29.8 Å². The summed E-state index contributed by atoms with van der Waals surface area (Å²) in [7, 11) is -4.52. The lowest BCUT2D eigenvalue weighted by Crippen LogP contribution is -2.70. The van der Waals surface area contributed by atoms with E-state index in [0.717, 1.165) is 0 Å². The number of carbonyl (C=O) groups excluding carboxylic acids is 3. The van der Waals surface area contributed by atoms with Crippen molar-refractivity contribution in [2.45, 2.75) is 42.5 Å². The zero-order valence-corrected chi connectivity index (χ0v) is 20.0. The van der Waals surface area contributed by atoms with E-state index >= 15 is 0 Å². The third-order valence-corrected chi connectivity index (χ3v) is 7.89. The summed E-state index contributed by atoms with van der Waals surface area (Å²) in [6.07, 6.45) is -0.335. The number of benzene rings is 1. The molecular formula is C20H20N6O7S2. The number of hydrogen-bond acceptors (Lipinski definition) is 9. The predicted octanol–water partition coefficient (Wildman–Crippen LogP) is -0.703. The number of nitrogens with one attached hydrogen (secondary N) is 3. The summed E-state index contributed by atoms with van der Waals surface area (Å²) in [5, 5.41) is 28.9. The summed E-state index contributed by atoms with van der Waals surface area (Å²) in [4.78, 5) is 49.8. The van der Waals surface area contributed by atoms with Crippen molar-refractivity contribution in [1.29, 1.82) is 10.5 Å². The number of para-hydroxylation sites is 1. The van der Waals surface area contributed by atoms with Crippen LogP contribution in [-0.4, -0.2) is 64.3 Å². The molecule has 0 aliphatic carbocycles. The van der Waals surface area contributed by atoms with Gasteiger partial charge in [-0.1, -0.05) is 18.2 Å². The predicted molar refractivity (Wildman–Crippen MR) is 121 cm³/mol. The lowest BCUT2D eigenvalue weighted by atomic mass is 9.96. The van der Waals surface area contributed by atoms with E-state index in [2.05, 4.69) is 10.0 Å². The van der Waals surface area contributed by atoms with Gasteiger partial charge in [-0.25, -0.2) is 9.52 Å². The van der Waals surface area contributed by atoms with Gasteiger partial charge in [-0.15, -0.1) is 11.8 Å². The first-order chi connectivity index (χ1) is 16.3. The first-order valence-corrected chi connectivity index (χ1v) is 12.4. The molecule has 1 aromatic rings. The second-order valence-corrected chi connectivity index (χ2v) is 11.4. The molecule has 15 heteroatoms. The normalized spacial score (nSPS) is 22.3. The van der Waals surface area contributed by atoms with Gasteiger partial charge >= 0.3 is 16.2 Å². The minimum Gasteiger partial charge on any atom is -0.480 e. The third-order valence-electron chi connectivity index (χ3n) is 5.36. The van der Waals surface area contributed by atoms with E-state index in [0.29, 0.717) is 0 Å². The molecule has 0 radical (unpaired) electrons. The van der Waals surface area contributed by atoms with Crippen molar-refractivity contribution in [3.8, 4) is 12.1 Å². The summed E-state index contributed by atoms with van der Waals surface area (Å²) < 4.78 is 27.4. The molecule has 0 bridgehead atoms. The van der Waals surface area contributed by atoms with Gasteiger partial charge in [0.1, 0.15) is 17.5 Å². The first kappa shape index (κ1) is 25.8. The van der Waals surface area contributed by atoms with Crippen LogP contribution in [0, 0.1) is 28.6 Å². The van der Waals surface area contributed by atoms with Crippen LogP contribution in [0.1, 0.15) is 19.4 Å². The Kier molecular flexibility index (Phi) is 6.96. The highest BCUT2D eigenvalue weighted by atomic mass is 32.2. The maximum Gasteiger partial charge on any atom is 0.327 e. The van der Waals surface area contributed by atoms with Gasteiger partial charge in [-0.2, -0.15) is 18.9 Å². The quantitative estimate of drug-likeness (QED) is 0.317. The maximum atomic E-state index is 12.7. The van der Waals surface area contributed by atoms with Crippen LogP contribution in [0.25, 0.3) is 0 Å². The Labute approximate surface area is 204 Å². The van der Waals surface area contributed by atoms with Gasteiger partial charge in [0, 0.05) is 4.75 Å². The lowest BCUT2D eigenvalue weighted by molar-refractivity contribution is -0.161. The molecule has 2 aliphatic heterocycles. The largest absolute Gasteiger partial charge is 0.480 e. The van der Waals surface area contributed by atoms with Crippen molar-refractivity contribution < 1.29 is 32.7 Å². The van der Waals surface area contributed by atoms with E-state index in [9.17, 15) is 32.7 Å². The van der Waals surface area contributed by atoms with Crippen LogP contribution in [0.5, 0.6) is 0 Å². The second kappa shape index (κ2) is 9.44. The molecule has 4 N–H and O–H groups in total. The average Bonchev–Trinajstić information content (AvgIpc) is 3.01. The molecule has 184 valence electrons. The van der Waals surface area contributed by atoms with Gasteiger partial charge in [0.15, 0.2) is 0 Å². The standard InChI is InChI=1S/C20H20N6O7S2/c1-20(2)15(19(30)31)26-17(29)14(18(26)34-20)23-13(27)7-10-5-3-4-6-12(10)24-35(32,33)25-16(28)11(8-21)9-22/h3-6,11,14-15,18,24H,7H2,1-2H3,(H,23,27)(H,25,28)(H,30,31)/t14?,15-,18+/m0/s1. The van der Waals surface area contributed by atoms with Crippen molar-refractivity contribution in [3.63, 3.8) is 0 Å². The van der Waals surface area contributed by atoms with E-state index in [1.807, 2.05) is 0 Å². The van der Waals surface area contributed by atoms with E-state index in [1.165, 1.54) is 47.0 Å². The number of fused-ring (bicyclic) bond motifs is 1. The number of carbonyl (C=O) groups is 4. The second-order valence-electron chi connectivity index (χ2n) is 8.24. The van der Waals surface area contributed by atoms with Gasteiger partial charge < -0.3 is 15.3 Å². The highest BCUT2D eigenvalue weighted by molar-refractivity contribution is 8.01. The number of β-lactam (4-membered cyclic amide) rings is 1. The van der Waals surface area contributed by atoms with Crippen LogP contribution < -0.4 is 14.8 Å². The number of aliphatic carboxylic acids is 1. The molecule has 1 unspecified atom stereocenters. The zero-order chi connectivity index (χ0) is 26.1. The fourth-order valence-corrected chi connectivity index (χ4v) is 6.37. The van der Waals surface area contributed by atoms with Crippen LogP contribution in [0.15, 0.2) is 24.3 Å². The highest BCUT2D eigenvalue weighted by Crippen LogP contribution is 2.50. The van der Waals surface area contributed by atoms with Crippen molar-refractivity contribution in [2.24, 2.45) is 5.92 Å². The first-order valence-electron chi connectivity index (χ1n) is 10.0. The van der Waals surface area contributed by atoms with E-state index < -0.39 is 62.0 Å². The Bertz CT molecular complexity index is 1270. The molecule has 35 heavy (non-hydrogen) atoms. The molecule has 2 fully saturated rings. The topological polar surface area (TPSA) is 210 Å². The number of nitrogens with zero attached hydrogens (tertiary/aromatic N) is 3. The zero-order valence-electron chi connectivity index (χ0n) is 18.4. The Morgan fingerprint density at radius 1 is 1.23 bits per heavy atom. The number of nitriles is 2. The molecule has 2 saturated heterocycles. The van der Waals surface area contributed by atoms with Crippen molar-refractivity contribution in [2.75, 3.05) is 4.72 Å². The molecule has 3 amide bonds. The minimum atomic E-state index is -4.52. The van der Waals surface area contributed by atoms with Gasteiger partial charge in [-0.3, -0.25) is 19.1 Å². The number of anilines is 1. The molecule has 1 aromatic carbocycles. The Morgan fingerprint density at radius 3 is 2.46 bits per heavy atom. The van der Waals surface area contributed by atoms with Crippen molar-refractivity contribution in [1.82, 2.24) is 14.9 Å². The molecule has 13 nitrogen and oxygen atoms in total. The summed E-state index contributed by atoms with van der Waals surface area (Å²) >= 11 is 1.27. The summed E-state index contributed by atoms with van der Waals surface area (Å²) in [5.41, 5.74) is 0.170. The third kappa shape index (κ3) is 5.16. The van der Waals surface area contributed by atoms with Gasteiger partial charge in [0.25, 0.3) is 5.91 Å². The molecule has 2 aliphatic rings. The van der Waals surface area contributed by atoms with Crippen LogP contribution >= 0.6 is 11.8 Å². The van der Waals surface area contributed by atoms with Gasteiger partial charge in [0.05, 0.1) is 24.2 Å². The molecular weight excluding hydrogens is 500 g/mol. The number of amides is 3. The number of thioether (sulfide) groups is 1. The van der Waals surface area contributed by atoms with E-state index in [1.54, 1.807) is 24.6 Å². The fourth-order valence-electron chi connectivity index (χ4n) is 3.82. The summed E-state index contributed by atoms with van der Waals surface area (Å²) in [5.74, 6) is -5.42. The van der Waals surface area contributed by atoms with Crippen LogP contribution in [0.2, 0.25) is 0 Å². The van der Waals surface area contributed by atoms with Gasteiger partial charge in [0.2, 0.25) is 17.7 Å². The average molecular weight is 521 g/mol. The van der Waals surface area contributed by atoms with Crippen molar-refractivity contribution >= 4 is 51.3 Å². The van der Waals surface area contributed by atoms with Gasteiger partial charge in [-0.05, 0) is 25.5 Å². The fraction of sp³-hybridized carbons (Fsp3) is 0.400. The number of carboxylic acids is 1. The Morgan fingerprint density at radius 2 is 1.86 bits per heavy atom. The van der Waals surface area contributed by atoms with Crippen LogP contribution in [0.4, 0.5) is 5.69 Å². The number of rotatable bonds is 8. The molecule has 0 spiro atoms. The molecule has 0 saturated carbocycles. The Balaban J connectivity index is 1.68. The molecule has 3 rings (SSSR count). The SMILES string of the molecule is CC1(C)S[C@@H]2C(NC(=O)Cc3ccccc3NS(=O)(=O)NC(=O)C(C#N)C#N)C(=O)N2[C@H]1C(=O)O. The van der Waals surface area contributed by atoms with E-state index in [-0.39, 0.29) is 17.7 Å². The molecule has 0 aromatic heterocycles. The van der Waals surface area contributed by atoms with E-state index in [4.69, 9.17) is 10.5 Å². The summed E-state index contributed by atoms with van der Waals surface area (Å²) in [6.45, 7) is 3.41. The smallest absolute Gasteiger partial charge is 0.327 e. The maximum absolute atomic E-state index is 12.7. The molecule has 2 heterocycles. The van der Waals surface area contributed by atoms with Crippen LogP contribution in [0.3, 0.4) is 0 Å².